The van der Waals surface area contributed by atoms with Gasteiger partial charge < -0.3 is 20.0 Å². The number of carbonyl (C=O) groups excluding carboxylic acids is 4. The first-order valence-electron chi connectivity index (χ1n) is 17.5. The third-order valence-electron chi connectivity index (χ3n) is 9.75. The molecule has 3 aliphatic rings. The molecular weight excluding hydrogens is 616 g/mol. The molecule has 0 saturated carbocycles. The van der Waals surface area contributed by atoms with Crippen LogP contribution in [0.3, 0.4) is 0 Å². The van der Waals surface area contributed by atoms with E-state index in [-0.39, 0.29) is 30.2 Å². The van der Waals surface area contributed by atoms with E-state index in [1.54, 1.807) is 12.1 Å². The smallest absolute Gasteiger partial charge is 0.261 e. The van der Waals surface area contributed by atoms with Crippen LogP contribution in [0.4, 0.5) is 5.69 Å². The molecule has 0 aliphatic carbocycles. The number of imide groups is 2. The molecule has 4 aromatic carbocycles. The van der Waals surface area contributed by atoms with Gasteiger partial charge in [-0.15, -0.1) is 0 Å². The number of anilines is 1. The lowest BCUT2D eigenvalue weighted by atomic mass is 9.93. The zero-order chi connectivity index (χ0) is 34.7. The number of benzene rings is 4. The third-order valence-corrected chi connectivity index (χ3v) is 9.75. The largest absolute Gasteiger partial charge is 0.369 e. The van der Waals surface area contributed by atoms with E-state index in [1.807, 2.05) is 69.4 Å². The van der Waals surface area contributed by atoms with Gasteiger partial charge in [-0.3, -0.25) is 29.0 Å². The molecule has 3 aliphatic heterocycles. The number of amides is 4. The standard InChI is InChI=1S/C37H40N6O4.C2H6/c1-39(19-22-43-35(45)28-10-3-7-25-8-4-11-29(32(25)28)36(43)46)15-6-13-38-14-16-42-34(44)30-12-5-9-26-23-27(24-31(33(26)30)37(42)47)41-20-17-40(2)18-21-41;1-2/h3-5,7-12,23-24,38H,6,13-22H2,1-2H3;1-2H3. The summed E-state index contributed by atoms with van der Waals surface area (Å²) >= 11 is 0. The first kappa shape index (κ1) is 34.2. The maximum atomic E-state index is 13.7. The van der Waals surface area contributed by atoms with Crippen molar-refractivity contribution in [1.29, 1.82) is 0 Å². The van der Waals surface area contributed by atoms with Crippen molar-refractivity contribution >= 4 is 50.9 Å². The van der Waals surface area contributed by atoms with Gasteiger partial charge in [0.1, 0.15) is 0 Å². The second-order valence-electron chi connectivity index (χ2n) is 12.8. The first-order chi connectivity index (χ1) is 23.8. The molecule has 10 nitrogen and oxygen atoms in total. The fourth-order valence-corrected chi connectivity index (χ4v) is 7.05. The van der Waals surface area contributed by atoms with Gasteiger partial charge in [0, 0.05) is 85.5 Å². The van der Waals surface area contributed by atoms with E-state index >= 15 is 0 Å². The minimum absolute atomic E-state index is 0.239. The Bertz CT molecular complexity index is 1850. The number of hydrogen-bond donors (Lipinski definition) is 1. The number of carbonyl (C=O) groups is 4. The van der Waals surface area contributed by atoms with Crippen molar-refractivity contribution in [1.82, 2.24) is 24.9 Å². The zero-order valence-corrected chi connectivity index (χ0v) is 29.0. The fraction of sp³-hybridized carbons (Fsp3) is 0.385. The summed E-state index contributed by atoms with van der Waals surface area (Å²) in [5.41, 5.74) is 3.35. The normalized spacial score (nSPS) is 16.2. The molecule has 0 spiro atoms. The topological polar surface area (TPSA) is 96.5 Å². The Morgan fingerprint density at radius 2 is 1.16 bits per heavy atom. The summed E-state index contributed by atoms with van der Waals surface area (Å²) in [7, 11) is 4.10. The van der Waals surface area contributed by atoms with Crippen LogP contribution in [0, 0.1) is 0 Å². The van der Waals surface area contributed by atoms with Gasteiger partial charge in [-0.25, -0.2) is 0 Å². The molecule has 3 heterocycles. The van der Waals surface area contributed by atoms with Gasteiger partial charge in [-0.1, -0.05) is 50.2 Å². The highest BCUT2D eigenvalue weighted by Crippen LogP contribution is 2.34. The van der Waals surface area contributed by atoms with Gasteiger partial charge in [-0.05, 0) is 74.7 Å². The summed E-state index contributed by atoms with van der Waals surface area (Å²) in [4.78, 5) is 62.9. The van der Waals surface area contributed by atoms with Crippen LogP contribution in [0.2, 0.25) is 0 Å². The summed E-state index contributed by atoms with van der Waals surface area (Å²) in [6, 6.07) is 20.9. The van der Waals surface area contributed by atoms with Gasteiger partial charge in [-0.2, -0.15) is 0 Å². The molecule has 10 heteroatoms. The van der Waals surface area contributed by atoms with E-state index in [9.17, 15) is 19.2 Å². The van der Waals surface area contributed by atoms with Gasteiger partial charge in [0.15, 0.2) is 0 Å². The van der Waals surface area contributed by atoms with Gasteiger partial charge >= 0.3 is 0 Å². The monoisotopic (exact) mass is 662 g/mol. The number of hydrogen-bond acceptors (Lipinski definition) is 8. The van der Waals surface area contributed by atoms with Crippen molar-refractivity contribution in [2.75, 3.05) is 84.4 Å². The second-order valence-corrected chi connectivity index (χ2v) is 12.8. The maximum Gasteiger partial charge on any atom is 0.261 e. The van der Waals surface area contributed by atoms with Crippen molar-refractivity contribution in [2.24, 2.45) is 0 Å². The minimum Gasteiger partial charge on any atom is -0.369 e. The van der Waals surface area contributed by atoms with E-state index in [2.05, 4.69) is 33.1 Å². The average molecular weight is 663 g/mol. The van der Waals surface area contributed by atoms with Gasteiger partial charge in [0.2, 0.25) is 0 Å². The highest BCUT2D eigenvalue weighted by molar-refractivity contribution is 6.26. The molecule has 7 rings (SSSR count). The average Bonchev–Trinajstić information content (AvgIpc) is 3.13. The molecular formula is C39H46N6O4. The lowest BCUT2D eigenvalue weighted by molar-refractivity contribution is 0.0589. The van der Waals surface area contributed by atoms with Crippen LogP contribution in [0.5, 0.6) is 0 Å². The van der Waals surface area contributed by atoms with Crippen LogP contribution in [0.25, 0.3) is 21.5 Å². The Balaban J connectivity index is 0.00000205. The minimum atomic E-state index is -0.248. The molecule has 0 unspecified atom stereocenters. The van der Waals surface area contributed by atoms with Crippen molar-refractivity contribution < 1.29 is 19.2 Å². The van der Waals surface area contributed by atoms with Crippen molar-refractivity contribution in [3.63, 3.8) is 0 Å². The van der Waals surface area contributed by atoms with E-state index in [4.69, 9.17) is 0 Å². The van der Waals surface area contributed by atoms with Crippen LogP contribution >= 0.6 is 0 Å². The molecule has 1 fully saturated rings. The lowest BCUT2D eigenvalue weighted by Crippen LogP contribution is -2.45. The molecule has 0 aromatic heterocycles. The van der Waals surface area contributed by atoms with E-state index < -0.39 is 0 Å². The molecule has 4 amide bonds. The molecule has 0 atom stereocenters. The Kier molecular flexibility index (Phi) is 10.4. The van der Waals surface area contributed by atoms with Crippen LogP contribution in [0.1, 0.15) is 61.7 Å². The first-order valence-corrected chi connectivity index (χ1v) is 17.5. The Hall–Kier alpha value is -4.64. The van der Waals surface area contributed by atoms with Crippen LogP contribution in [-0.2, 0) is 0 Å². The lowest BCUT2D eigenvalue weighted by Gasteiger charge is -2.35. The second kappa shape index (κ2) is 14.9. The quantitative estimate of drug-likeness (QED) is 0.184. The summed E-state index contributed by atoms with van der Waals surface area (Å²) in [6.45, 7) is 10.9. The van der Waals surface area contributed by atoms with E-state index in [0.29, 0.717) is 48.4 Å². The SMILES string of the molecule is CC.CN(CCCNCCN1C(=O)c2cccc3cc(N4CCN(C)CC4)cc(c23)C1=O)CCN1C(=O)c2cccc3cccc(c23)C1=O. The van der Waals surface area contributed by atoms with Gasteiger partial charge in [0.25, 0.3) is 23.6 Å². The Morgan fingerprint density at radius 3 is 1.78 bits per heavy atom. The Morgan fingerprint density at radius 1 is 0.633 bits per heavy atom. The molecule has 0 radical (unpaired) electrons. The number of nitrogens with one attached hydrogen (secondary N) is 1. The zero-order valence-electron chi connectivity index (χ0n) is 29.0. The van der Waals surface area contributed by atoms with Crippen molar-refractivity contribution in [3.05, 3.63) is 89.0 Å². The Labute approximate surface area is 288 Å². The fourth-order valence-electron chi connectivity index (χ4n) is 7.05. The predicted octanol–water partition coefficient (Wildman–Crippen LogP) is 4.57. The van der Waals surface area contributed by atoms with Crippen LogP contribution < -0.4 is 10.2 Å². The molecule has 1 saturated heterocycles. The summed E-state index contributed by atoms with van der Waals surface area (Å²) in [6.07, 6.45) is 0.832. The number of nitrogens with zero attached hydrogens (tertiary/aromatic N) is 5. The summed E-state index contributed by atoms with van der Waals surface area (Å²) in [5, 5.41) is 6.70. The molecule has 256 valence electrons. The van der Waals surface area contributed by atoms with Gasteiger partial charge in [0.05, 0.1) is 5.56 Å². The predicted molar refractivity (Wildman–Crippen MR) is 195 cm³/mol. The van der Waals surface area contributed by atoms with Crippen LogP contribution in [0.15, 0.2) is 66.7 Å². The molecule has 49 heavy (non-hydrogen) atoms. The van der Waals surface area contributed by atoms with Crippen LogP contribution in [-0.4, -0.2) is 123 Å². The number of rotatable bonds is 11. The number of likely N-dealkylation sites (N-methyl/N-ethyl adjacent to an activating group) is 2. The highest BCUT2D eigenvalue weighted by atomic mass is 16.2. The molecule has 1 N–H and O–H groups in total. The van der Waals surface area contributed by atoms with E-state index in [1.165, 1.54) is 9.80 Å². The third kappa shape index (κ3) is 6.68. The van der Waals surface area contributed by atoms with Crippen molar-refractivity contribution in [3.8, 4) is 0 Å². The molecule has 0 bridgehead atoms. The maximum absolute atomic E-state index is 13.7. The highest BCUT2D eigenvalue weighted by Gasteiger charge is 2.34. The summed E-state index contributed by atoms with van der Waals surface area (Å²) in [5.74, 6) is -0.976. The van der Waals surface area contributed by atoms with E-state index in [0.717, 1.165) is 66.4 Å². The number of piperazine rings is 1. The molecule has 4 aromatic rings. The van der Waals surface area contributed by atoms with Crippen molar-refractivity contribution in [2.45, 2.75) is 20.3 Å². The summed E-state index contributed by atoms with van der Waals surface area (Å²) < 4.78 is 0.